The fourth-order valence-electron chi connectivity index (χ4n) is 2.62. The number of amides is 1. The van der Waals surface area contributed by atoms with Gasteiger partial charge in [-0.25, -0.2) is 4.98 Å². The molecule has 0 aliphatic carbocycles. The molecule has 0 aromatic carbocycles. The number of nitrogens with one attached hydrogen (secondary N) is 1. The Labute approximate surface area is 144 Å². The van der Waals surface area contributed by atoms with E-state index in [0.717, 1.165) is 39.1 Å². The highest BCUT2D eigenvalue weighted by Crippen LogP contribution is 2.10. The molecule has 1 aliphatic rings. The third-order valence-corrected chi connectivity index (χ3v) is 4.22. The van der Waals surface area contributed by atoms with E-state index in [-0.39, 0.29) is 12.0 Å². The van der Waals surface area contributed by atoms with Crippen molar-refractivity contribution in [2.24, 2.45) is 5.92 Å². The van der Waals surface area contributed by atoms with Gasteiger partial charge >= 0.3 is 0 Å². The number of carbonyl (C=O) groups is 1. The molecule has 1 atom stereocenters. The van der Waals surface area contributed by atoms with E-state index in [0.29, 0.717) is 30.6 Å². The van der Waals surface area contributed by atoms with E-state index >= 15 is 0 Å². The minimum absolute atomic E-state index is 0.183. The maximum absolute atomic E-state index is 12.0. The zero-order valence-corrected chi connectivity index (χ0v) is 15.0. The molecule has 0 saturated carbocycles. The number of aliphatic hydroxyl groups is 1. The fraction of sp³-hybridized carbons (Fsp3) is 0.765. The van der Waals surface area contributed by atoms with Crippen molar-refractivity contribution in [1.82, 2.24) is 20.1 Å². The van der Waals surface area contributed by atoms with Crippen molar-refractivity contribution >= 4 is 5.91 Å². The third-order valence-electron chi connectivity index (χ3n) is 4.22. The first-order valence-electron chi connectivity index (χ1n) is 8.83. The standard InChI is InChI=1S/C17H30N4O3/c1-4-14(22)10-20-5-7-21(8-6-20)11-16-19-15(12-24-16)17(23)18-9-13(2)3/h12-14,22H,4-11H2,1-3H3,(H,18,23)/t14-/m0/s1. The van der Waals surface area contributed by atoms with Crippen LogP contribution in [0.15, 0.2) is 10.7 Å². The normalized spacial score (nSPS) is 18.0. The number of aliphatic hydroxyl groups excluding tert-OH is 1. The first-order valence-corrected chi connectivity index (χ1v) is 8.83. The lowest BCUT2D eigenvalue weighted by molar-refractivity contribution is 0.0658. The van der Waals surface area contributed by atoms with E-state index in [2.05, 4.69) is 20.1 Å². The van der Waals surface area contributed by atoms with Crippen LogP contribution in [0.5, 0.6) is 0 Å². The van der Waals surface area contributed by atoms with Gasteiger partial charge in [-0.05, 0) is 12.3 Å². The number of carbonyl (C=O) groups excluding carboxylic acids is 1. The maximum atomic E-state index is 12.0. The van der Waals surface area contributed by atoms with Crippen LogP contribution in [0.2, 0.25) is 0 Å². The second-order valence-electron chi connectivity index (χ2n) is 6.87. The van der Waals surface area contributed by atoms with Gasteiger partial charge in [-0.2, -0.15) is 0 Å². The average molecular weight is 338 g/mol. The number of β-amino-alcohol motifs (C(OH)–C–C–N with tert-alkyl or cyclic N) is 1. The van der Waals surface area contributed by atoms with Crippen molar-refractivity contribution in [3.8, 4) is 0 Å². The molecule has 136 valence electrons. The molecule has 1 fully saturated rings. The summed E-state index contributed by atoms with van der Waals surface area (Å²) in [5, 5.41) is 12.6. The van der Waals surface area contributed by atoms with Crippen LogP contribution in [0.3, 0.4) is 0 Å². The fourth-order valence-corrected chi connectivity index (χ4v) is 2.62. The monoisotopic (exact) mass is 338 g/mol. The summed E-state index contributed by atoms with van der Waals surface area (Å²) in [6, 6.07) is 0. The molecule has 7 nitrogen and oxygen atoms in total. The Morgan fingerprint density at radius 2 is 2.00 bits per heavy atom. The highest BCUT2D eigenvalue weighted by Gasteiger charge is 2.21. The number of oxazole rings is 1. The Hall–Kier alpha value is -1.44. The van der Waals surface area contributed by atoms with Crippen molar-refractivity contribution in [2.45, 2.75) is 39.8 Å². The van der Waals surface area contributed by atoms with Crippen LogP contribution in [-0.4, -0.2) is 71.2 Å². The number of hydrogen-bond donors (Lipinski definition) is 2. The van der Waals surface area contributed by atoms with Gasteiger partial charge in [-0.3, -0.25) is 14.6 Å². The van der Waals surface area contributed by atoms with Crippen molar-refractivity contribution in [1.29, 1.82) is 0 Å². The summed E-state index contributed by atoms with van der Waals surface area (Å²) in [6.07, 6.45) is 1.98. The predicted molar refractivity (Wildman–Crippen MR) is 91.7 cm³/mol. The molecule has 1 aromatic heterocycles. The summed E-state index contributed by atoms with van der Waals surface area (Å²) in [6.45, 7) is 11.8. The number of hydrogen-bond acceptors (Lipinski definition) is 6. The molecule has 1 amide bonds. The molecule has 1 aliphatic heterocycles. The van der Waals surface area contributed by atoms with E-state index < -0.39 is 0 Å². The Morgan fingerprint density at radius 3 is 2.62 bits per heavy atom. The molecule has 2 heterocycles. The van der Waals surface area contributed by atoms with Gasteiger partial charge in [0.25, 0.3) is 5.91 Å². The first-order chi connectivity index (χ1) is 11.5. The molecule has 2 rings (SSSR count). The average Bonchev–Trinajstić information content (AvgIpc) is 3.03. The summed E-state index contributed by atoms with van der Waals surface area (Å²) >= 11 is 0. The number of rotatable bonds is 8. The minimum Gasteiger partial charge on any atom is -0.447 e. The van der Waals surface area contributed by atoms with Gasteiger partial charge in [-0.1, -0.05) is 20.8 Å². The van der Waals surface area contributed by atoms with Crippen LogP contribution in [0.1, 0.15) is 43.6 Å². The second-order valence-corrected chi connectivity index (χ2v) is 6.87. The lowest BCUT2D eigenvalue weighted by atomic mass is 10.2. The van der Waals surface area contributed by atoms with Gasteiger partial charge in [-0.15, -0.1) is 0 Å². The molecule has 1 saturated heterocycles. The number of piperazine rings is 1. The van der Waals surface area contributed by atoms with E-state index in [1.807, 2.05) is 20.8 Å². The summed E-state index contributed by atoms with van der Waals surface area (Å²) in [4.78, 5) is 20.8. The van der Waals surface area contributed by atoms with Crippen LogP contribution in [0, 0.1) is 5.92 Å². The molecule has 0 unspecified atom stereocenters. The summed E-state index contributed by atoms with van der Waals surface area (Å²) in [5.41, 5.74) is 0.343. The predicted octanol–water partition coefficient (Wildman–Crippen LogP) is 0.949. The highest BCUT2D eigenvalue weighted by atomic mass is 16.3. The Bertz CT molecular complexity index is 510. The largest absolute Gasteiger partial charge is 0.447 e. The number of nitrogens with zero attached hydrogens (tertiary/aromatic N) is 3. The van der Waals surface area contributed by atoms with Crippen LogP contribution in [0.4, 0.5) is 0 Å². The van der Waals surface area contributed by atoms with Gasteiger partial charge in [0.2, 0.25) is 5.89 Å². The van der Waals surface area contributed by atoms with Crippen LogP contribution >= 0.6 is 0 Å². The van der Waals surface area contributed by atoms with Crippen molar-refractivity contribution in [3.63, 3.8) is 0 Å². The third kappa shape index (κ3) is 5.89. The number of aromatic nitrogens is 1. The highest BCUT2D eigenvalue weighted by molar-refractivity contribution is 5.91. The van der Waals surface area contributed by atoms with Gasteiger partial charge in [0.05, 0.1) is 12.6 Å². The molecule has 7 heteroatoms. The van der Waals surface area contributed by atoms with Crippen LogP contribution < -0.4 is 5.32 Å². The molecular weight excluding hydrogens is 308 g/mol. The molecular formula is C17H30N4O3. The SMILES string of the molecule is CC[C@H](O)CN1CCN(Cc2nc(C(=O)NCC(C)C)co2)CC1. The summed E-state index contributed by atoms with van der Waals surface area (Å²) in [5.74, 6) is 0.798. The molecule has 0 spiro atoms. The van der Waals surface area contributed by atoms with Crippen LogP contribution in [-0.2, 0) is 6.54 Å². The smallest absolute Gasteiger partial charge is 0.273 e. The molecule has 0 radical (unpaired) electrons. The van der Waals surface area contributed by atoms with Gasteiger partial charge < -0.3 is 14.8 Å². The van der Waals surface area contributed by atoms with Gasteiger partial charge in [0.1, 0.15) is 6.26 Å². The summed E-state index contributed by atoms with van der Waals surface area (Å²) in [7, 11) is 0. The summed E-state index contributed by atoms with van der Waals surface area (Å²) < 4.78 is 5.44. The van der Waals surface area contributed by atoms with E-state index in [1.165, 1.54) is 6.26 Å². The maximum Gasteiger partial charge on any atom is 0.273 e. The van der Waals surface area contributed by atoms with E-state index in [4.69, 9.17) is 4.42 Å². The van der Waals surface area contributed by atoms with Gasteiger partial charge in [0, 0.05) is 39.3 Å². The lowest BCUT2D eigenvalue weighted by Crippen LogP contribution is -2.48. The zero-order valence-electron chi connectivity index (χ0n) is 15.0. The Balaban J connectivity index is 1.76. The topological polar surface area (TPSA) is 81.8 Å². The minimum atomic E-state index is -0.241. The molecule has 0 bridgehead atoms. The molecule has 2 N–H and O–H groups in total. The van der Waals surface area contributed by atoms with E-state index in [1.54, 1.807) is 0 Å². The van der Waals surface area contributed by atoms with Crippen molar-refractivity contribution in [2.75, 3.05) is 39.3 Å². The Kier molecular flexibility index (Phi) is 7.20. The van der Waals surface area contributed by atoms with Crippen molar-refractivity contribution < 1.29 is 14.3 Å². The van der Waals surface area contributed by atoms with Crippen molar-refractivity contribution in [3.05, 3.63) is 17.8 Å². The second kappa shape index (κ2) is 9.15. The molecule has 1 aromatic rings. The quantitative estimate of drug-likeness (QED) is 0.734. The lowest BCUT2D eigenvalue weighted by Gasteiger charge is -2.34. The first kappa shape index (κ1) is 18.9. The van der Waals surface area contributed by atoms with E-state index in [9.17, 15) is 9.90 Å². The molecule has 24 heavy (non-hydrogen) atoms. The van der Waals surface area contributed by atoms with Gasteiger partial charge in [0.15, 0.2) is 5.69 Å². The van der Waals surface area contributed by atoms with Crippen LogP contribution in [0.25, 0.3) is 0 Å². The zero-order chi connectivity index (χ0) is 17.5. The Morgan fingerprint density at radius 1 is 1.33 bits per heavy atom.